The molecule has 0 aliphatic carbocycles. The molecule has 3 rings (SSSR count). The molecule has 15 nitrogen and oxygen atoms in total. The molecule has 0 bridgehead atoms. The number of thioether (sulfide) groups is 1. The molecule has 1 fully saturated rings. The van der Waals surface area contributed by atoms with Gasteiger partial charge in [-0.3, -0.25) is 29.3 Å². The van der Waals surface area contributed by atoms with Crippen LogP contribution in [0.15, 0.2) is 36.4 Å². The number of methoxy groups -OCH3 is 1. The van der Waals surface area contributed by atoms with Crippen molar-refractivity contribution in [2.45, 2.75) is 70.0 Å². The van der Waals surface area contributed by atoms with Gasteiger partial charge in [-0.1, -0.05) is 12.1 Å². The second-order valence-corrected chi connectivity index (χ2v) is 11.4. The van der Waals surface area contributed by atoms with Crippen molar-refractivity contribution < 1.29 is 62.1 Å². The van der Waals surface area contributed by atoms with Crippen molar-refractivity contribution >= 4 is 47.5 Å². The first-order chi connectivity index (χ1) is 21.7. The van der Waals surface area contributed by atoms with Crippen LogP contribution in [-0.4, -0.2) is 77.7 Å². The molecule has 46 heavy (non-hydrogen) atoms. The van der Waals surface area contributed by atoms with Crippen LogP contribution < -0.4 is 9.47 Å². The maximum Gasteiger partial charge on any atom is 0.513 e. The van der Waals surface area contributed by atoms with Gasteiger partial charge in [0.2, 0.25) is 0 Å². The summed E-state index contributed by atoms with van der Waals surface area (Å²) in [6.07, 6.45) is -4.75. The fourth-order valence-corrected chi connectivity index (χ4v) is 6.01. The molecule has 1 saturated heterocycles. The van der Waals surface area contributed by atoms with Crippen LogP contribution in [0.1, 0.15) is 44.4 Å². The Hall–Kier alpha value is -4.86. The van der Waals surface area contributed by atoms with Crippen LogP contribution in [0.3, 0.4) is 0 Å². The first kappa shape index (κ1) is 35.6. The zero-order valence-electron chi connectivity index (χ0n) is 25.8. The van der Waals surface area contributed by atoms with E-state index in [2.05, 4.69) is 4.74 Å². The van der Waals surface area contributed by atoms with Crippen LogP contribution in [-0.2, 0) is 49.3 Å². The molecule has 0 spiro atoms. The van der Waals surface area contributed by atoms with E-state index in [0.717, 1.165) is 39.6 Å². The molecule has 0 unspecified atom stereocenters. The Morgan fingerprint density at radius 1 is 0.848 bits per heavy atom. The number of non-ortho nitro benzene ring substituents is 1. The summed E-state index contributed by atoms with van der Waals surface area (Å²) >= 11 is 0.997. The average molecular weight is 664 g/mol. The molecule has 248 valence electrons. The van der Waals surface area contributed by atoms with E-state index < -0.39 is 64.0 Å². The second kappa shape index (κ2) is 15.9. The van der Waals surface area contributed by atoms with Crippen LogP contribution in [0.4, 0.5) is 10.5 Å². The van der Waals surface area contributed by atoms with E-state index in [1.165, 1.54) is 25.1 Å². The summed E-state index contributed by atoms with van der Waals surface area (Å²) < 4.78 is 38.1. The van der Waals surface area contributed by atoms with Crippen LogP contribution in [0, 0.1) is 17.0 Å². The summed E-state index contributed by atoms with van der Waals surface area (Å²) in [5, 5.41) is 10.3. The van der Waals surface area contributed by atoms with Gasteiger partial charge in [0.15, 0.2) is 23.7 Å². The fraction of sp³-hybridized carbons (Fsp3) is 0.433. The number of hydrogen-bond acceptors (Lipinski definition) is 15. The Bertz CT molecular complexity index is 1480. The standard InChI is InChI=1S/C30H33NO14S/c1-15-11-22(44-30(36)39-6)13-24(23(15)12-20-7-9-21(10-8-20)31(37)38)45-29-28(43-19(5)35)27(42-18(4)34)26(41-17(3)33)25(46-29)14-40-16(2)32/h7-11,13,25-29H,12,14H2,1-6H3/t25-,26-,27+,28-,29-/m1/s1. The van der Waals surface area contributed by atoms with Crippen molar-refractivity contribution in [2.24, 2.45) is 0 Å². The van der Waals surface area contributed by atoms with Crippen molar-refractivity contribution in [2.75, 3.05) is 13.7 Å². The highest BCUT2D eigenvalue weighted by Crippen LogP contribution is 2.41. The maximum absolute atomic E-state index is 12.3. The summed E-state index contributed by atoms with van der Waals surface area (Å²) in [4.78, 5) is 70.9. The maximum atomic E-state index is 12.3. The van der Waals surface area contributed by atoms with Gasteiger partial charge in [0, 0.05) is 57.9 Å². The fourth-order valence-electron chi connectivity index (χ4n) is 4.63. The van der Waals surface area contributed by atoms with Gasteiger partial charge < -0.3 is 33.2 Å². The number of benzene rings is 2. The molecule has 0 amide bonds. The van der Waals surface area contributed by atoms with Gasteiger partial charge in [-0.2, -0.15) is 0 Å². The number of nitro groups is 1. The smallest absolute Gasteiger partial charge is 0.475 e. The molecule has 1 aliphatic heterocycles. The minimum Gasteiger partial charge on any atom is -0.475 e. The molecule has 2 aromatic carbocycles. The highest BCUT2D eigenvalue weighted by Gasteiger charge is 2.53. The Morgan fingerprint density at radius 3 is 1.98 bits per heavy atom. The lowest BCUT2D eigenvalue weighted by Gasteiger charge is -2.43. The van der Waals surface area contributed by atoms with E-state index in [1.807, 2.05) is 0 Å². The molecule has 2 aromatic rings. The normalized spacial score (nSPS) is 20.4. The molecule has 1 aliphatic rings. The van der Waals surface area contributed by atoms with Crippen molar-refractivity contribution in [1.29, 1.82) is 0 Å². The molecule has 0 aromatic heterocycles. The summed E-state index contributed by atoms with van der Waals surface area (Å²) in [5.41, 5.74) is 0.568. The third-order valence-corrected chi connectivity index (χ3v) is 7.88. The van der Waals surface area contributed by atoms with Gasteiger partial charge in [0.1, 0.15) is 18.1 Å². The number of carbonyl (C=O) groups is 5. The second-order valence-electron chi connectivity index (χ2n) is 10.1. The molecule has 0 saturated carbocycles. The summed E-state index contributed by atoms with van der Waals surface area (Å²) in [6.45, 7) is 6.01. The van der Waals surface area contributed by atoms with E-state index in [-0.39, 0.29) is 30.2 Å². The number of carbonyl (C=O) groups excluding carboxylic acids is 5. The van der Waals surface area contributed by atoms with Gasteiger partial charge in [-0.25, -0.2) is 4.79 Å². The van der Waals surface area contributed by atoms with E-state index >= 15 is 0 Å². The lowest BCUT2D eigenvalue weighted by Crippen LogP contribution is -2.59. The number of nitro benzene ring substituents is 1. The van der Waals surface area contributed by atoms with Gasteiger partial charge in [0.05, 0.1) is 17.3 Å². The van der Waals surface area contributed by atoms with Crippen molar-refractivity contribution in [3.8, 4) is 11.5 Å². The van der Waals surface area contributed by atoms with E-state index in [4.69, 9.17) is 28.4 Å². The van der Waals surface area contributed by atoms with Gasteiger partial charge in [-0.15, -0.1) is 11.8 Å². The van der Waals surface area contributed by atoms with Gasteiger partial charge >= 0.3 is 30.0 Å². The van der Waals surface area contributed by atoms with Crippen LogP contribution in [0.2, 0.25) is 0 Å². The Labute approximate surface area is 267 Å². The molecule has 0 N–H and O–H groups in total. The summed E-state index contributed by atoms with van der Waals surface area (Å²) in [5.74, 6) is -2.71. The number of rotatable bonds is 11. The van der Waals surface area contributed by atoms with Crippen LogP contribution >= 0.6 is 11.8 Å². The topological polar surface area (TPSA) is 193 Å². The Balaban J connectivity index is 2.14. The van der Waals surface area contributed by atoms with Gasteiger partial charge in [0.25, 0.3) is 5.69 Å². The van der Waals surface area contributed by atoms with Crippen molar-refractivity contribution in [3.05, 3.63) is 63.2 Å². The highest BCUT2D eigenvalue weighted by atomic mass is 32.2. The zero-order chi connectivity index (χ0) is 34.1. The lowest BCUT2D eigenvalue weighted by molar-refractivity contribution is -0.384. The average Bonchev–Trinajstić information content (AvgIpc) is 2.96. The Kier molecular flexibility index (Phi) is 12.3. The first-order valence-electron chi connectivity index (χ1n) is 13.8. The largest absolute Gasteiger partial charge is 0.513 e. The van der Waals surface area contributed by atoms with Crippen molar-refractivity contribution in [1.82, 2.24) is 0 Å². The third-order valence-electron chi connectivity index (χ3n) is 6.49. The molecular weight excluding hydrogens is 630 g/mol. The summed E-state index contributed by atoms with van der Waals surface area (Å²) in [6, 6.07) is 8.82. The number of esters is 4. The van der Waals surface area contributed by atoms with Crippen molar-refractivity contribution in [3.63, 3.8) is 0 Å². The number of aryl methyl sites for hydroxylation is 1. The zero-order valence-corrected chi connectivity index (χ0v) is 26.7. The van der Waals surface area contributed by atoms with E-state index in [1.54, 1.807) is 25.1 Å². The van der Waals surface area contributed by atoms with E-state index in [0.29, 0.717) is 16.7 Å². The minimum absolute atomic E-state index is 0.0439. The number of nitrogens with zero attached hydrogens (tertiary/aromatic N) is 1. The van der Waals surface area contributed by atoms with E-state index in [9.17, 15) is 34.1 Å². The van der Waals surface area contributed by atoms with Crippen LogP contribution in [0.25, 0.3) is 0 Å². The molecule has 5 atom stereocenters. The number of hydrogen-bond donors (Lipinski definition) is 0. The lowest BCUT2D eigenvalue weighted by atomic mass is 9.98. The minimum atomic E-state index is -1.38. The monoisotopic (exact) mass is 663 g/mol. The Morgan fingerprint density at radius 2 is 1.43 bits per heavy atom. The predicted molar refractivity (Wildman–Crippen MR) is 159 cm³/mol. The highest BCUT2D eigenvalue weighted by molar-refractivity contribution is 8.00. The molecular formula is C30H33NO14S. The molecule has 16 heteroatoms. The predicted octanol–water partition coefficient (Wildman–Crippen LogP) is 3.82. The van der Waals surface area contributed by atoms with Crippen LogP contribution in [0.5, 0.6) is 11.5 Å². The summed E-state index contributed by atoms with van der Waals surface area (Å²) in [7, 11) is 1.13. The quantitative estimate of drug-likeness (QED) is 0.111. The number of ether oxygens (including phenoxy) is 7. The third kappa shape index (κ3) is 9.82. The molecule has 1 heterocycles. The SMILES string of the molecule is COC(=O)Oc1cc(C)c(Cc2ccc([N+](=O)[O-])cc2)c(O[C@@H]2S[C@H](COC(C)=O)[C@@H](OC(C)=O)[C@H](OC(C)=O)[C@H]2OC(C)=O)c1. The molecule has 0 radical (unpaired) electrons. The first-order valence-corrected chi connectivity index (χ1v) is 14.7. The van der Waals surface area contributed by atoms with Gasteiger partial charge in [-0.05, 0) is 24.1 Å².